The van der Waals surface area contributed by atoms with Crippen LogP contribution >= 0.6 is 0 Å². The number of rotatable bonds is 3. The van der Waals surface area contributed by atoms with Gasteiger partial charge in [0.2, 0.25) is 5.91 Å². The van der Waals surface area contributed by atoms with Gasteiger partial charge in [-0.05, 0) is 25.8 Å². The molecule has 4 nitrogen and oxygen atoms in total. The van der Waals surface area contributed by atoms with Gasteiger partial charge in [-0.25, -0.2) is 0 Å². The normalized spacial score (nSPS) is 24.0. The molecule has 2 rings (SSSR count). The number of benzene rings is 1. The van der Waals surface area contributed by atoms with Crippen molar-refractivity contribution >= 4 is 5.91 Å². The van der Waals surface area contributed by atoms with E-state index in [1.54, 1.807) is 18.7 Å². The second-order valence-electron chi connectivity index (χ2n) is 5.61. The van der Waals surface area contributed by atoms with Gasteiger partial charge in [-0.2, -0.15) is 0 Å². The lowest BCUT2D eigenvalue weighted by atomic mass is 9.91. The maximum Gasteiger partial charge on any atom is 0.246 e. The molecule has 0 bridgehead atoms. The Balaban J connectivity index is 2.12. The van der Waals surface area contributed by atoms with Crippen molar-refractivity contribution in [1.82, 2.24) is 4.90 Å². The monoisotopic (exact) mass is 262 g/mol. The summed E-state index contributed by atoms with van der Waals surface area (Å²) < 4.78 is 0. The van der Waals surface area contributed by atoms with Crippen LogP contribution in [0.3, 0.4) is 0 Å². The number of carbonyl (C=O) groups excluding carboxylic acids is 1. The first-order chi connectivity index (χ1) is 8.93. The van der Waals surface area contributed by atoms with Crippen molar-refractivity contribution in [2.45, 2.75) is 31.9 Å². The maximum absolute atomic E-state index is 12.6. The predicted octanol–water partition coefficient (Wildman–Crippen LogP) is 1.09. The van der Waals surface area contributed by atoms with Gasteiger partial charge < -0.3 is 15.7 Å². The van der Waals surface area contributed by atoms with Crippen molar-refractivity contribution in [3.05, 3.63) is 35.9 Å². The van der Waals surface area contributed by atoms with Gasteiger partial charge in [0.05, 0.1) is 6.10 Å². The third kappa shape index (κ3) is 2.80. The molecule has 0 radical (unpaired) electrons. The van der Waals surface area contributed by atoms with Gasteiger partial charge in [-0.1, -0.05) is 30.3 Å². The third-order valence-corrected chi connectivity index (χ3v) is 4.01. The van der Waals surface area contributed by atoms with Crippen LogP contribution in [0.1, 0.15) is 25.8 Å². The van der Waals surface area contributed by atoms with E-state index < -0.39 is 5.54 Å². The van der Waals surface area contributed by atoms with Gasteiger partial charge in [0, 0.05) is 19.0 Å². The molecule has 1 aliphatic rings. The molecule has 3 N–H and O–H groups in total. The van der Waals surface area contributed by atoms with Gasteiger partial charge in [-0.15, -0.1) is 0 Å². The van der Waals surface area contributed by atoms with Crippen LogP contribution in [-0.4, -0.2) is 35.1 Å². The molecule has 3 atom stereocenters. The van der Waals surface area contributed by atoms with Crippen LogP contribution in [0.25, 0.3) is 0 Å². The number of hydrogen-bond donors (Lipinski definition) is 2. The second kappa shape index (κ2) is 5.31. The average molecular weight is 262 g/mol. The van der Waals surface area contributed by atoms with E-state index in [0.717, 1.165) is 12.0 Å². The van der Waals surface area contributed by atoms with E-state index in [-0.39, 0.29) is 17.9 Å². The second-order valence-corrected chi connectivity index (χ2v) is 5.61. The van der Waals surface area contributed by atoms with E-state index >= 15 is 0 Å². The molecule has 4 heteroatoms. The fraction of sp³-hybridized carbons (Fsp3) is 0.533. The van der Waals surface area contributed by atoms with E-state index in [1.165, 1.54) is 0 Å². The first-order valence-electron chi connectivity index (χ1n) is 6.74. The predicted molar refractivity (Wildman–Crippen MR) is 74.3 cm³/mol. The first-order valence-corrected chi connectivity index (χ1v) is 6.74. The minimum Gasteiger partial charge on any atom is -0.393 e. The van der Waals surface area contributed by atoms with Crippen LogP contribution in [0.5, 0.6) is 0 Å². The molecule has 1 heterocycles. The Labute approximate surface area is 114 Å². The summed E-state index contributed by atoms with van der Waals surface area (Å²) in [6.45, 7) is 4.79. The maximum atomic E-state index is 12.6. The molecule has 1 amide bonds. The lowest BCUT2D eigenvalue weighted by molar-refractivity contribution is -0.135. The molecule has 1 saturated heterocycles. The zero-order valence-electron chi connectivity index (χ0n) is 11.5. The van der Waals surface area contributed by atoms with E-state index in [0.29, 0.717) is 13.1 Å². The highest BCUT2D eigenvalue weighted by Gasteiger charge is 2.38. The Morgan fingerprint density at radius 2 is 2.11 bits per heavy atom. The fourth-order valence-corrected chi connectivity index (χ4v) is 2.60. The van der Waals surface area contributed by atoms with E-state index in [4.69, 9.17) is 5.73 Å². The molecule has 0 aromatic heterocycles. The number of carbonyl (C=O) groups is 1. The topological polar surface area (TPSA) is 66.6 Å². The molecular formula is C15H22N2O2. The molecule has 0 saturated carbocycles. The van der Waals surface area contributed by atoms with Crippen LogP contribution in [0.15, 0.2) is 30.3 Å². The highest BCUT2D eigenvalue weighted by Crippen LogP contribution is 2.26. The quantitative estimate of drug-likeness (QED) is 0.857. The van der Waals surface area contributed by atoms with Gasteiger partial charge in [0.1, 0.15) is 5.54 Å². The summed E-state index contributed by atoms with van der Waals surface area (Å²) in [6, 6.07) is 9.43. The number of aliphatic hydroxyl groups excluding tert-OH is 1. The minimum absolute atomic E-state index is 0.0677. The molecule has 1 fully saturated rings. The summed E-state index contributed by atoms with van der Waals surface area (Å²) in [5, 5.41) is 9.60. The summed E-state index contributed by atoms with van der Waals surface area (Å²) in [7, 11) is 0. The highest BCUT2D eigenvalue weighted by molar-refractivity contribution is 5.87. The number of nitrogens with zero attached hydrogens (tertiary/aromatic N) is 1. The van der Waals surface area contributed by atoms with Crippen LogP contribution in [0.4, 0.5) is 0 Å². The molecule has 0 spiro atoms. The summed E-state index contributed by atoms with van der Waals surface area (Å²) in [5.41, 5.74) is 6.04. The van der Waals surface area contributed by atoms with Crippen molar-refractivity contribution in [1.29, 1.82) is 0 Å². The average Bonchev–Trinajstić information content (AvgIpc) is 2.88. The molecule has 104 valence electrons. The van der Waals surface area contributed by atoms with Gasteiger partial charge in [0.15, 0.2) is 0 Å². The molecule has 1 aliphatic heterocycles. The van der Waals surface area contributed by atoms with E-state index in [9.17, 15) is 9.90 Å². The number of hydrogen-bond acceptors (Lipinski definition) is 3. The zero-order chi connectivity index (χ0) is 14.0. The standard InChI is InChI=1S/C15H22N2O2/c1-11(18)12-8-9-17(10-12)14(19)15(2,16)13-6-4-3-5-7-13/h3-7,11-12,18H,8-10,16H2,1-2H3. The van der Waals surface area contributed by atoms with Crippen molar-refractivity contribution in [2.75, 3.05) is 13.1 Å². The zero-order valence-corrected chi connectivity index (χ0v) is 11.5. The van der Waals surface area contributed by atoms with Crippen molar-refractivity contribution < 1.29 is 9.90 Å². The summed E-state index contributed by atoms with van der Waals surface area (Å²) in [6.07, 6.45) is 0.465. The van der Waals surface area contributed by atoms with Gasteiger partial charge in [0.25, 0.3) is 0 Å². The number of amides is 1. The largest absolute Gasteiger partial charge is 0.393 e. The highest BCUT2D eigenvalue weighted by atomic mass is 16.3. The van der Waals surface area contributed by atoms with Crippen LogP contribution in [-0.2, 0) is 10.3 Å². The third-order valence-electron chi connectivity index (χ3n) is 4.01. The molecule has 3 unspecified atom stereocenters. The Bertz CT molecular complexity index is 443. The molecular weight excluding hydrogens is 240 g/mol. The van der Waals surface area contributed by atoms with Crippen LogP contribution in [0, 0.1) is 5.92 Å². The van der Waals surface area contributed by atoms with Gasteiger partial charge in [-0.3, -0.25) is 4.79 Å². The SMILES string of the molecule is CC(O)C1CCN(C(=O)C(C)(N)c2ccccc2)C1. The van der Waals surface area contributed by atoms with Crippen LogP contribution in [0.2, 0.25) is 0 Å². The molecule has 1 aromatic carbocycles. The van der Waals surface area contributed by atoms with Crippen molar-refractivity contribution in [2.24, 2.45) is 11.7 Å². The number of likely N-dealkylation sites (tertiary alicyclic amines) is 1. The lowest BCUT2D eigenvalue weighted by Crippen LogP contribution is -2.50. The Morgan fingerprint density at radius 3 is 2.63 bits per heavy atom. The summed E-state index contributed by atoms with van der Waals surface area (Å²) >= 11 is 0. The van der Waals surface area contributed by atoms with E-state index in [1.807, 2.05) is 30.3 Å². The van der Waals surface area contributed by atoms with Crippen molar-refractivity contribution in [3.63, 3.8) is 0 Å². The van der Waals surface area contributed by atoms with Gasteiger partial charge >= 0.3 is 0 Å². The smallest absolute Gasteiger partial charge is 0.246 e. The number of aliphatic hydroxyl groups is 1. The Morgan fingerprint density at radius 1 is 1.47 bits per heavy atom. The van der Waals surface area contributed by atoms with Crippen LogP contribution < -0.4 is 5.73 Å². The van der Waals surface area contributed by atoms with E-state index in [2.05, 4.69) is 0 Å². The first kappa shape index (κ1) is 14.0. The minimum atomic E-state index is -1.01. The van der Waals surface area contributed by atoms with Crippen molar-refractivity contribution in [3.8, 4) is 0 Å². The molecule has 1 aromatic rings. The molecule has 19 heavy (non-hydrogen) atoms. The summed E-state index contributed by atoms with van der Waals surface area (Å²) in [5.74, 6) is 0.0948. The Kier molecular flexibility index (Phi) is 3.92. The Hall–Kier alpha value is -1.39. The molecule has 0 aliphatic carbocycles. The lowest BCUT2D eigenvalue weighted by Gasteiger charge is -2.29. The number of nitrogens with two attached hydrogens (primary N) is 1. The summed E-state index contributed by atoms with van der Waals surface area (Å²) in [4.78, 5) is 14.3. The fourth-order valence-electron chi connectivity index (χ4n) is 2.60.